The molecule has 0 atom stereocenters. The van der Waals surface area contributed by atoms with Crippen LogP contribution in [0.2, 0.25) is 0 Å². The largest absolute Gasteiger partial charge is 0.480 e. The van der Waals surface area contributed by atoms with Gasteiger partial charge in [0, 0.05) is 0 Å². The molecule has 14 heavy (non-hydrogen) atoms. The molecule has 72 valence electrons. The maximum atomic E-state index is 5.17. The summed E-state index contributed by atoms with van der Waals surface area (Å²) in [7, 11) is 1.62. The Morgan fingerprint density at radius 2 is 1.79 bits per heavy atom. The third-order valence-corrected chi connectivity index (χ3v) is 2.13. The highest BCUT2D eigenvalue weighted by atomic mass is 16.5. The predicted octanol–water partition coefficient (Wildman–Crippen LogP) is 2.20. The average molecular weight is 188 g/mol. The van der Waals surface area contributed by atoms with Gasteiger partial charge in [0.15, 0.2) is 0 Å². The molecule has 0 amide bonds. The van der Waals surface area contributed by atoms with Crippen molar-refractivity contribution in [2.45, 2.75) is 13.3 Å². The predicted molar refractivity (Wildman–Crippen MR) is 55.5 cm³/mol. The van der Waals surface area contributed by atoms with Gasteiger partial charge in [-0.15, -0.1) is 0 Å². The molecule has 0 saturated carbocycles. The summed E-state index contributed by atoms with van der Waals surface area (Å²) in [5.74, 6) is 0.631. The van der Waals surface area contributed by atoms with Gasteiger partial charge in [-0.05, 0) is 18.6 Å². The van der Waals surface area contributed by atoms with Crippen LogP contribution in [0.15, 0.2) is 24.3 Å². The van der Waals surface area contributed by atoms with E-state index in [1.807, 2.05) is 31.2 Å². The van der Waals surface area contributed by atoms with Crippen LogP contribution in [-0.4, -0.2) is 17.1 Å². The standard InChI is InChI=1S/C11H12N2O/c1-3-8-11(14-2)13-10-7-5-4-6-9(10)12-8/h4-7H,3H2,1-2H3. The lowest BCUT2D eigenvalue weighted by Crippen LogP contribution is -1.98. The van der Waals surface area contributed by atoms with E-state index < -0.39 is 0 Å². The highest BCUT2D eigenvalue weighted by Gasteiger charge is 2.06. The van der Waals surface area contributed by atoms with Gasteiger partial charge < -0.3 is 4.74 Å². The Labute approximate surface area is 82.8 Å². The van der Waals surface area contributed by atoms with Crippen molar-refractivity contribution in [1.82, 2.24) is 9.97 Å². The molecule has 1 aromatic carbocycles. The van der Waals surface area contributed by atoms with Gasteiger partial charge in [-0.25, -0.2) is 9.97 Å². The minimum Gasteiger partial charge on any atom is -0.480 e. The van der Waals surface area contributed by atoms with Crippen LogP contribution in [0.25, 0.3) is 11.0 Å². The number of methoxy groups -OCH3 is 1. The number of fused-ring (bicyclic) bond motifs is 1. The number of para-hydroxylation sites is 2. The summed E-state index contributed by atoms with van der Waals surface area (Å²) in [6, 6.07) is 7.80. The van der Waals surface area contributed by atoms with Crippen LogP contribution < -0.4 is 4.74 Å². The molecule has 2 aromatic rings. The van der Waals surface area contributed by atoms with E-state index >= 15 is 0 Å². The topological polar surface area (TPSA) is 35.0 Å². The van der Waals surface area contributed by atoms with Gasteiger partial charge in [-0.2, -0.15) is 0 Å². The Morgan fingerprint density at radius 3 is 2.36 bits per heavy atom. The third-order valence-electron chi connectivity index (χ3n) is 2.13. The van der Waals surface area contributed by atoms with E-state index in [-0.39, 0.29) is 0 Å². The second kappa shape index (κ2) is 3.62. The highest BCUT2D eigenvalue weighted by Crippen LogP contribution is 2.18. The maximum Gasteiger partial charge on any atom is 0.235 e. The maximum absolute atomic E-state index is 5.17. The van der Waals surface area contributed by atoms with Gasteiger partial charge in [-0.1, -0.05) is 19.1 Å². The molecule has 2 rings (SSSR count). The minimum absolute atomic E-state index is 0.631. The number of hydrogen-bond acceptors (Lipinski definition) is 3. The van der Waals surface area contributed by atoms with E-state index in [1.54, 1.807) is 7.11 Å². The van der Waals surface area contributed by atoms with Crippen LogP contribution in [0.1, 0.15) is 12.6 Å². The van der Waals surface area contributed by atoms with E-state index in [2.05, 4.69) is 9.97 Å². The van der Waals surface area contributed by atoms with Gasteiger partial charge in [0.1, 0.15) is 5.69 Å². The van der Waals surface area contributed by atoms with Crippen LogP contribution in [0, 0.1) is 0 Å². The van der Waals surface area contributed by atoms with Gasteiger partial charge in [0.25, 0.3) is 0 Å². The SMILES string of the molecule is CCc1nc2ccccc2nc1OC. The van der Waals surface area contributed by atoms with Crippen molar-refractivity contribution in [3.05, 3.63) is 30.0 Å². The molecule has 0 aliphatic heterocycles. The number of nitrogens with zero attached hydrogens (tertiary/aromatic N) is 2. The second-order valence-electron chi connectivity index (χ2n) is 3.02. The first-order valence-corrected chi connectivity index (χ1v) is 4.64. The summed E-state index contributed by atoms with van der Waals surface area (Å²) in [6.45, 7) is 2.04. The summed E-state index contributed by atoms with van der Waals surface area (Å²) >= 11 is 0. The molecule has 3 heteroatoms. The molecule has 0 N–H and O–H groups in total. The number of ether oxygens (including phenoxy) is 1. The van der Waals surface area contributed by atoms with E-state index in [1.165, 1.54) is 0 Å². The number of hydrogen-bond donors (Lipinski definition) is 0. The van der Waals surface area contributed by atoms with Crippen molar-refractivity contribution < 1.29 is 4.74 Å². The van der Waals surface area contributed by atoms with Crippen molar-refractivity contribution in [1.29, 1.82) is 0 Å². The lowest BCUT2D eigenvalue weighted by molar-refractivity contribution is 0.392. The Morgan fingerprint density at radius 1 is 1.14 bits per heavy atom. The van der Waals surface area contributed by atoms with Gasteiger partial charge >= 0.3 is 0 Å². The van der Waals surface area contributed by atoms with Gasteiger partial charge in [0.2, 0.25) is 5.88 Å². The molecule has 1 aromatic heterocycles. The van der Waals surface area contributed by atoms with Crippen molar-refractivity contribution in [3.8, 4) is 5.88 Å². The average Bonchev–Trinajstić information content (AvgIpc) is 2.27. The van der Waals surface area contributed by atoms with Crippen LogP contribution in [0.5, 0.6) is 5.88 Å². The second-order valence-corrected chi connectivity index (χ2v) is 3.02. The molecular weight excluding hydrogens is 176 g/mol. The molecule has 0 spiro atoms. The number of benzene rings is 1. The Hall–Kier alpha value is -1.64. The number of aromatic nitrogens is 2. The minimum atomic E-state index is 0.631. The van der Waals surface area contributed by atoms with Crippen LogP contribution in [-0.2, 0) is 6.42 Å². The zero-order valence-corrected chi connectivity index (χ0v) is 8.32. The number of rotatable bonds is 2. The summed E-state index contributed by atoms with van der Waals surface area (Å²) in [5.41, 5.74) is 2.71. The van der Waals surface area contributed by atoms with Gasteiger partial charge in [0.05, 0.1) is 18.1 Å². The van der Waals surface area contributed by atoms with E-state index in [4.69, 9.17) is 4.74 Å². The molecule has 0 aliphatic carbocycles. The molecular formula is C11H12N2O. The first kappa shape index (κ1) is 8.94. The van der Waals surface area contributed by atoms with Crippen LogP contribution >= 0.6 is 0 Å². The van der Waals surface area contributed by atoms with Gasteiger partial charge in [-0.3, -0.25) is 0 Å². The monoisotopic (exact) mass is 188 g/mol. The Bertz CT molecular complexity index is 411. The van der Waals surface area contributed by atoms with E-state index in [9.17, 15) is 0 Å². The molecule has 0 unspecified atom stereocenters. The fraction of sp³-hybridized carbons (Fsp3) is 0.273. The smallest absolute Gasteiger partial charge is 0.235 e. The third kappa shape index (κ3) is 1.41. The first-order valence-electron chi connectivity index (χ1n) is 4.64. The zero-order valence-electron chi connectivity index (χ0n) is 8.32. The van der Waals surface area contributed by atoms with Crippen molar-refractivity contribution >= 4 is 11.0 Å². The Balaban J connectivity index is 2.69. The molecule has 0 radical (unpaired) electrons. The highest BCUT2D eigenvalue weighted by molar-refractivity contribution is 5.74. The quantitative estimate of drug-likeness (QED) is 0.724. The summed E-state index contributed by atoms with van der Waals surface area (Å²) in [6.07, 6.45) is 0.834. The molecule has 3 nitrogen and oxygen atoms in total. The lowest BCUT2D eigenvalue weighted by atomic mass is 10.2. The zero-order chi connectivity index (χ0) is 9.97. The molecule has 0 aliphatic rings. The molecule has 0 bridgehead atoms. The summed E-state index contributed by atoms with van der Waals surface area (Å²) in [5, 5.41) is 0. The Kier molecular flexibility index (Phi) is 2.31. The molecule has 1 heterocycles. The van der Waals surface area contributed by atoms with Crippen LogP contribution in [0.3, 0.4) is 0 Å². The van der Waals surface area contributed by atoms with Crippen molar-refractivity contribution in [2.24, 2.45) is 0 Å². The molecule has 0 fully saturated rings. The number of aryl methyl sites for hydroxylation is 1. The summed E-state index contributed by atoms with van der Waals surface area (Å²) < 4.78 is 5.17. The normalized spacial score (nSPS) is 10.4. The van der Waals surface area contributed by atoms with E-state index in [0.717, 1.165) is 23.1 Å². The first-order chi connectivity index (χ1) is 6.85. The fourth-order valence-corrected chi connectivity index (χ4v) is 1.41. The lowest BCUT2D eigenvalue weighted by Gasteiger charge is -2.05. The van der Waals surface area contributed by atoms with Crippen molar-refractivity contribution in [2.75, 3.05) is 7.11 Å². The fourth-order valence-electron chi connectivity index (χ4n) is 1.41. The summed E-state index contributed by atoms with van der Waals surface area (Å²) in [4.78, 5) is 8.86. The molecule has 0 saturated heterocycles. The van der Waals surface area contributed by atoms with Crippen LogP contribution in [0.4, 0.5) is 0 Å². The van der Waals surface area contributed by atoms with E-state index in [0.29, 0.717) is 5.88 Å². The van der Waals surface area contributed by atoms with Crippen molar-refractivity contribution in [3.63, 3.8) is 0 Å².